The number of benzene rings is 1. The molecule has 2 aromatic heterocycles. The molecule has 0 aliphatic carbocycles. The zero-order chi connectivity index (χ0) is 24.2. The Labute approximate surface area is 191 Å². The number of nitrogens with two attached hydrogens (primary N) is 1. The van der Waals surface area contributed by atoms with Gasteiger partial charge >= 0.3 is 6.18 Å². The van der Waals surface area contributed by atoms with Gasteiger partial charge in [0.1, 0.15) is 11.6 Å². The molecule has 1 amide bonds. The van der Waals surface area contributed by atoms with Gasteiger partial charge in [-0.1, -0.05) is 0 Å². The van der Waals surface area contributed by atoms with Crippen LogP contribution in [0.15, 0.2) is 30.5 Å². The molecular weight excluding hydrogens is 456 g/mol. The number of fused-ring (bicyclic) bond motifs is 3. The first-order chi connectivity index (χ1) is 16.1. The number of rotatable bonds is 2. The number of nitrogen functional groups attached to an aromatic ring is 1. The second kappa shape index (κ2) is 8.17. The number of carbonyl (C=O) groups is 1. The average Bonchev–Trinajstić information content (AvgIpc) is 3.29. The van der Waals surface area contributed by atoms with Crippen LogP contribution in [0.1, 0.15) is 45.7 Å². The topological polar surface area (TPSA) is 90.6 Å². The second-order valence-electron chi connectivity index (χ2n) is 8.38. The summed E-state index contributed by atoms with van der Waals surface area (Å²) in [6, 6.07) is 3.46. The summed E-state index contributed by atoms with van der Waals surface area (Å²) in [6.07, 6.45) is -3.82. The SMILES string of the molecule is C[C@H]1COC[C@@H](c2ccc(C(F)(F)F)cn2)N1C(=O)c1cc2c3c(c(N)nc2cc1F)COC3. The van der Waals surface area contributed by atoms with Crippen molar-refractivity contribution < 1.29 is 31.8 Å². The number of aromatic nitrogens is 2. The fourth-order valence-electron chi connectivity index (χ4n) is 4.45. The summed E-state index contributed by atoms with van der Waals surface area (Å²) in [7, 11) is 0. The van der Waals surface area contributed by atoms with E-state index < -0.39 is 35.5 Å². The van der Waals surface area contributed by atoms with E-state index in [-0.39, 0.29) is 43.5 Å². The molecule has 2 atom stereocenters. The number of hydrogen-bond acceptors (Lipinski definition) is 6. The molecule has 7 nitrogen and oxygen atoms in total. The molecule has 0 saturated carbocycles. The Balaban J connectivity index is 1.55. The quantitative estimate of drug-likeness (QED) is 0.563. The summed E-state index contributed by atoms with van der Waals surface area (Å²) >= 11 is 0. The second-order valence-corrected chi connectivity index (χ2v) is 8.38. The molecule has 0 radical (unpaired) electrons. The molecule has 0 bridgehead atoms. The molecule has 0 unspecified atom stereocenters. The molecule has 0 spiro atoms. The Kier molecular flexibility index (Phi) is 5.40. The molecular formula is C23H20F4N4O3. The first kappa shape index (κ1) is 22.5. The molecule has 3 aromatic rings. The van der Waals surface area contributed by atoms with Crippen LogP contribution in [0.5, 0.6) is 0 Å². The predicted octanol–water partition coefficient (Wildman–Crippen LogP) is 4.00. The van der Waals surface area contributed by atoms with Crippen LogP contribution in [-0.2, 0) is 28.9 Å². The highest BCUT2D eigenvalue weighted by Gasteiger charge is 2.37. The third-order valence-electron chi connectivity index (χ3n) is 6.18. The number of hydrogen-bond donors (Lipinski definition) is 1. The maximum absolute atomic E-state index is 15.1. The maximum atomic E-state index is 15.1. The van der Waals surface area contributed by atoms with Crippen LogP contribution in [0, 0.1) is 5.82 Å². The van der Waals surface area contributed by atoms with Crippen molar-refractivity contribution in [3.63, 3.8) is 0 Å². The maximum Gasteiger partial charge on any atom is 0.417 e. The van der Waals surface area contributed by atoms with Crippen LogP contribution in [0.25, 0.3) is 10.9 Å². The van der Waals surface area contributed by atoms with Crippen molar-refractivity contribution in [1.82, 2.24) is 14.9 Å². The molecule has 2 aliphatic heterocycles. The fraction of sp³-hybridized carbons (Fsp3) is 0.348. The van der Waals surface area contributed by atoms with Gasteiger partial charge < -0.3 is 20.1 Å². The fourth-order valence-corrected chi connectivity index (χ4v) is 4.45. The molecule has 34 heavy (non-hydrogen) atoms. The van der Waals surface area contributed by atoms with Gasteiger partial charge in [-0.05, 0) is 30.7 Å². The van der Waals surface area contributed by atoms with E-state index in [1.807, 2.05) is 0 Å². The Morgan fingerprint density at radius 1 is 1.15 bits per heavy atom. The van der Waals surface area contributed by atoms with E-state index in [2.05, 4.69) is 9.97 Å². The molecule has 4 heterocycles. The van der Waals surface area contributed by atoms with Crippen LogP contribution in [0.3, 0.4) is 0 Å². The first-order valence-electron chi connectivity index (χ1n) is 10.6. The van der Waals surface area contributed by atoms with E-state index in [9.17, 15) is 18.0 Å². The summed E-state index contributed by atoms with van der Waals surface area (Å²) < 4.78 is 65.0. The lowest BCUT2D eigenvalue weighted by Crippen LogP contribution is -2.49. The average molecular weight is 476 g/mol. The zero-order valence-corrected chi connectivity index (χ0v) is 18.0. The Morgan fingerprint density at radius 2 is 1.91 bits per heavy atom. The minimum absolute atomic E-state index is 0.0188. The highest BCUT2D eigenvalue weighted by molar-refractivity contribution is 6.00. The van der Waals surface area contributed by atoms with Gasteiger partial charge in [0.15, 0.2) is 0 Å². The minimum atomic E-state index is -4.53. The third kappa shape index (κ3) is 3.74. The number of pyridine rings is 2. The number of alkyl halides is 3. The Bertz CT molecular complexity index is 1280. The van der Waals surface area contributed by atoms with Gasteiger partial charge in [0.2, 0.25) is 0 Å². The molecule has 1 aromatic carbocycles. The summed E-state index contributed by atoms with van der Waals surface area (Å²) in [6.45, 7) is 2.49. The lowest BCUT2D eigenvalue weighted by molar-refractivity contribution is -0.137. The van der Waals surface area contributed by atoms with Crippen molar-refractivity contribution in [3.05, 3.63) is 64.2 Å². The molecule has 2 N–H and O–H groups in total. The van der Waals surface area contributed by atoms with E-state index in [4.69, 9.17) is 15.2 Å². The monoisotopic (exact) mass is 476 g/mol. The number of halogens is 4. The zero-order valence-electron chi connectivity index (χ0n) is 18.0. The number of morpholine rings is 1. The van der Waals surface area contributed by atoms with Crippen molar-refractivity contribution >= 4 is 22.6 Å². The van der Waals surface area contributed by atoms with Gasteiger partial charge in [0.05, 0.1) is 60.8 Å². The van der Waals surface area contributed by atoms with Gasteiger partial charge in [-0.2, -0.15) is 13.2 Å². The number of nitrogens with zero attached hydrogens (tertiary/aromatic N) is 3. The molecule has 5 rings (SSSR count). The molecule has 1 saturated heterocycles. The van der Waals surface area contributed by atoms with E-state index in [0.29, 0.717) is 22.7 Å². The van der Waals surface area contributed by atoms with Gasteiger partial charge in [-0.15, -0.1) is 0 Å². The largest absolute Gasteiger partial charge is 0.417 e. The first-order valence-corrected chi connectivity index (χ1v) is 10.6. The van der Waals surface area contributed by atoms with Crippen molar-refractivity contribution in [2.45, 2.75) is 38.4 Å². The highest BCUT2D eigenvalue weighted by atomic mass is 19.4. The smallest absolute Gasteiger partial charge is 0.383 e. The van der Waals surface area contributed by atoms with Crippen molar-refractivity contribution in [3.8, 4) is 0 Å². The molecule has 178 valence electrons. The van der Waals surface area contributed by atoms with E-state index in [0.717, 1.165) is 17.7 Å². The number of carbonyl (C=O) groups excluding carboxylic acids is 1. The van der Waals surface area contributed by atoms with Gasteiger partial charge in [0.25, 0.3) is 5.91 Å². The molecule has 2 aliphatic rings. The van der Waals surface area contributed by atoms with Gasteiger partial charge in [0, 0.05) is 23.2 Å². The van der Waals surface area contributed by atoms with Crippen molar-refractivity contribution in [2.75, 3.05) is 18.9 Å². The number of amides is 1. The Hall–Kier alpha value is -3.31. The van der Waals surface area contributed by atoms with Crippen LogP contribution in [0.2, 0.25) is 0 Å². The summed E-state index contributed by atoms with van der Waals surface area (Å²) in [5, 5.41) is 0.566. The van der Waals surface area contributed by atoms with Gasteiger partial charge in [-0.25, -0.2) is 9.37 Å². The van der Waals surface area contributed by atoms with Crippen LogP contribution in [-0.4, -0.2) is 40.0 Å². The van der Waals surface area contributed by atoms with E-state index in [1.165, 1.54) is 17.0 Å². The summed E-state index contributed by atoms with van der Waals surface area (Å²) in [4.78, 5) is 23.2. The highest BCUT2D eigenvalue weighted by Crippen LogP contribution is 2.35. The standard InChI is InChI=1S/C23H20F4N4O3/c1-11-7-33-10-20(18-3-2-12(6-29-18)23(25,26)27)31(11)22(32)14-4-13-15-8-34-9-16(15)21(28)30-19(13)5-17(14)24/h2-6,11,20H,7-10H2,1H3,(H2,28,30)/t11-,20-/m0/s1. The third-order valence-corrected chi connectivity index (χ3v) is 6.18. The summed E-state index contributed by atoms with van der Waals surface area (Å²) in [5.74, 6) is -1.14. The summed E-state index contributed by atoms with van der Waals surface area (Å²) in [5.41, 5.74) is 6.88. The van der Waals surface area contributed by atoms with E-state index in [1.54, 1.807) is 6.92 Å². The van der Waals surface area contributed by atoms with Crippen LogP contribution in [0.4, 0.5) is 23.4 Å². The minimum Gasteiger partial charge on any atom is -0.383 e. The number of anilines is 1. The Morgan fingerprint density at radius 3 is 2.62 bits per heavy atom. The van der Waals surface area contributed by atoms with Crippen molar-refractivity contribution in [1.29, 1.82) is 0 Å². The van der Waals surface area contributed by atoms with Crippen LogP contribution >= 0.6 is 0 Å². The molecule has 1 fully saturated rings. The lowest BCUT2D eigenvalue weighted by Gasteiger charge is -2.40. The van der Waals surface area contributed by atoms with Crippen molar-refractivity contribution in [2.24, 2.45) is 0 Å². The normalized spacial score (nSPS) is 20.6. The molecule has 11 heteroatoms. The van der Waals surface area contributed by atoms with E-state index >= 15 is 4.39 Å². The predicted molar refractivity (Wildman–Crippen MR) is 113 cm³/mol. The van der Waals surface area contributed by atoms with Gasteiger partial charge in [-0.3, -0.25) is 9.78 Å². The number of ether oxygens (including phenoxy) is 2. The lowest BCUT2D eigenvalue weighted by atomic mass is 10.00. The van der Waals surface area contributed by atoms with Crippen LogP contribution < -0.4 is 5.73 Å².